The zero-order valence-corrected chi connectivity index (χ0v) is 14.1. The van der Waals surface area contributed by atoms with E-state index in [0.29, 0.717) is 19.5 Å². The number of carbonyl (C=O) groups is 1. The molecule has 0 aromatic heterocycles. The van der Waals surface area contributed by atoms with E-state index in [2.05, 4.69) is 16.7 Å². The van der Waals surface area contributed by atoms with Crippen LogP contribution in [0.3, 0.4) is 0 Å². The number of aryl methyl sites for hydroxylation is 1. The van der Waals surface area contributed by atoms with Crippen LogP contribution in [-0.4, -0.2) is 24.8 Å². The number of nitrogens with one attached hydrogen (secondary N) is 2. The third-order valence-electron chi connectivity index (χ3n) is 3.84. The largest absolute Gasteiger partial charge is 0.496 e. The van der Waals surface area contributed by atoms with Gasteiger partial charge in [-0.1, -0.05) is 42.0 Å². The van der Waals surface area contributed by atoms with Gasteiger partial charge in [0.1, 0.15) is 5.75 Å². The fourth-order valence-electron chi connectivity index (χ4n) is 2.54. The molecule has 0 unspecified atom stereocenters. The maximum atomic E-state index is 11.9. The van der Waals surface area contributed by atoms with Crippen molar-refractivity contribution < 1.29 is 14.6 Å². The molecular weight excluding hydrogens is 304 g/mol. The van der Waals surface area contributed by atoms with Crippen molar-refractivity contribution in [3.05, 3.63) is 64.7 Å². The molecule has 0 heterocycles. The van der Waals surface area contributed by atoms with Crippen LogP contribution in [0.2, 0.25) is 0 Å². The van der Waals surface area contributed by atoms with Gasteiger partial charge in [0.05, 0.1) is 13.7 Å². The lowest BCUT2D eigenvalue weighted by molar-refractivity contribution is 0.240. The lowest BCUT2D eigenvalue weighted by Gasteiger charge is -2.12. The fourth-order valence-corrected chi connectivity index (χ4v) is 2.54. The maximum Gasteiger partial charge on any atom is 0.315 e. The van der Waals surface area contributed by atoms with Gasteiger partial charge in [0.15, 0.2) is 0 Å². The Morgan fingerprint density at radius 1 is 1.08 bits per heavy atom. The van der Waals surface area contributed by atoms with Gasteiger partial charge in [0.2, 0.25) is 0 Å². The van der Waals surface area contributed by atoms with Crippen LogP contribution in [0.25, 0.3) is 0 Å². The van der Waals surface area contributed by atoms with Crippen molar-refractivity contribution in [3.63, 3.8) is 0 Å². The molecule has 0 radical (unpaired) electrons. The summed E-state index contributed by atoms with van der Waals surface area (Å²) in [6.07, 6.45) is 0.700. The standard InChI is InChI=1S/C19H24N2O3/c1-14-7-8-18(24-2)15(11-14)9-10-20-19(23)21-12-16-5-3-4-6-17(16)13-22/h3-8,11,22H,9-10,12-13H2,1-2H3,(H2,20,21,23). The highest BCUT2D eigenvalue weighted by Gasteiger charge is 2.06. The Hall–Kier alpha value is -2.53. The van der Waals surface area contributed by atoms with Crippen LogP contribution in [-0.2, 0) is 19.6 Å². The Morgan fingerprint density at radius 2 is 1.83 bits per heavy atom. The van der Waals surface area contributed by atoms with Crippen molar-refractivity contribution in [2.45, 2.75) is 26.5 Å². The second kappa shape index (κ2) is 8.93. The highest BCUT2D eigenvalue weighted by atomic mass is 16.5. The third-order valence-corrected chi connectivity index (χ3v) is 3.84. The summed E-state index contributed by atoms with van der Waals surface area (Å²) < 4.78 is 5.34. The molecule has 2 amide bonds. The van der Waals surface area contributed by atoms with E-state index in [1.807, 2.05) is 43.3 Å². The fraction of sp³-hybridized carbons (Fsp3) is 0.316. The minimum absolute atomic E-state index is 0.0351. The summed E-state index contributed by atoms with van der Waals surface area (Å²) >= 11 is 0. The van der Waals surface area contributed by atoms with Gasteiger partial charge >= 0.3 is 6.03 Å². The van der Waals surface area contributed by atoms with Gasteiger partial charge in [-0.3, -0.25) is 0 Å². The van der Waals surface area contributed by atoms with Crippen LogP contribution < -0.4 is 15.4 Å². The maximum absolute atomic E-state index is 11.9. The summed E-state index contributed by atoms with van der Waals surface area (Å²) in [6.45, 7) is 2.90. The van der Waals surface area contributed by atoms with Crippen molar-refractivity contribution in [2.75, 3.05) is 13.7 Å². The van der Waals surface area contributed by atoms with Crippen molar-refractivity contribution >= 4 is 6.03 Å². The number of aliphatic hydroxyl groups is 1. The first kappa shape index (κ1) is 17.8. The number of hydrogen-bond donors (Lipinski definition) is 3. The summed E-state index contributed by atoms with van der Waals surface area (Å²) in [5.74, 6) is 0.833. The van der Waals surface area contributed by atoms with Crippen molar-refractivity contribution in [2.24, 2.45) is 0 Å². The molecule has 0 atom stereocenters. The molecule has 0 saturated heterocycles. The van der Waals surface area contributed by atoms with Crippen LogP contribution in [0, 0.1) is 6.92 Å². The molecular formula is C19H24N2O3. The zero-order chi connectivity index (χ0) is 17.4. The van der Waals surface area contributed by atoms with Gasteiger partial charge in [-0.25, -0.2) is 4.79 Å². The molecule has 0 saturated carbocycles. The molecule has 0 spiro atoms. The summed E-state index contributed by atoms with van der Waals surface area (Å²) in [4.78, 5) is 11.9. The molecule has 2 aromatic rings. The van der Waals surface area contributed by atoms with Crippen LogP contribution in [0.1, 0.15) is 22.3 Å². The van der Waals surface area contributed by atoms with E-state index in [1.165, 1.54) is 0 Å². The first-order chi connectivity index (χ1) is 11.6. The quantitative estimate of drug-likeness (QED) is 0.731. The predicted molar refractivity (Wildman–Crippen MR) is 94.0 cm³/mol. The first-order valence-electron chi connectivity index (χ1n) is 7.97. The number of aliphatic hydroxyl groups excluding tert-OH is 1. The molecule has 2 rings (SSSR count). The average molecular weight is 328 g/mol. The van der Waals surface area contributed by atoms with E-state index in [0.717, 1.165) is 28.0 Å². The number of urea groups is 1. The van der Waals surface area contributed by atoms with Gasteiger partial charge in [0, 0.05) is 13.1 Å². The predicted octanol–water partition coefficient (Wildman–Crippen LogP) is 2.54. The molecule has 0 aliphatic heterocycles. The second-order valence-electron chi connectivity index (χ2n) is 5.60. The van der Waals surface area contributed by atoms with E-state index in [4.69, 9.17) is 4.74 Å². The summed E-state index contributed by atoms with van der Waals surface area (Å²) in [6, 6.07) is 13.3. The van der Waals surface area contributed by atoms with Gasteiger partial charge in [-0.2, -0.15) is 0 Å². The van der Waals surface area contributed by atoms with E-state index in [-0.39, 0.29) is 12.6 Å². The minimum atomic E-state index is -0.227. The molecule has 2 aromatic carbocycles. The zero-order valence-electron chi connectivity index (χ0n) is 14.1. The lowest BCUT2D eigenvalue weighted by atomic mass is 10.1. The van der Waals surface area contributed by atoms with E-state index in [1.54, 1.807) is 7.11 Å². The Bertz CT molecular complexity index is 686. The topological polar surface area (TPSA) is 70.6 Å². The molecule has 5 heteroatoms. The van der Waals surface area contributed by atoms with Crippen molar-refractivity contribution in [3.8, 4) is 5.75 Å². The number of rotatable bonds is 7. The van der Waals surface area contributed by atoms with Gasteiger partial charge in [-0.15, -0.1) is 0 Å². The Labute approximate surface area is 142 Å². The van der Waals surface area contributed by atoms with Crippen LogP contribution in [0.5, 0.6) is 5.75 Å². The highest BCUT2D eigenvalue weighted by Crippen LogP contribution is 2.19. The van der Waals surface area contributed by atoms with Crippen molar-refractivity contribution in [1.82, 2.24) is 10.6 Å². The van der Waals surface area contributed by atoms with E-state index >= 15 is 0 Å². The normalized spacial score (nSPS) is 10.3. The number of hydrogen-bond acceptors (Lipinski definition) is 3. The average Bonchev–Trinajstić information content (AvgIpc) is 2.60. The molecule has 128 valence electrons. The first-order valence-corrected chi connectivity index (χ1v) is 7.97. The summed E-state index contributed by atoms with van der Waals surface area (Å²) in [5.41, 5.74) is 3.97. The Balaban J connectivity index is 1.80. The number of benzene rings is 2. The number of carbonyl (C=O) groups excluding carboxylic acids is 1. The van der Waals surface area contributed by atoms with Crippen LogP contribution >= 0.6 is 0 Å². The number of amides is 2. The Morgan fingerprint density at radius 3 is 2.54 bits per heavy atom. The smallest absolute Gasteiger partial charge is 0.315 e. The second-order valence-corrected chi connectivity index (χ2v) is 5.60. The van der Waals surface area contributed by atoms with Crippen LogP contribution in [0.15, 0.2) is 42.5 Å². The monoisotopic (exact) mass is 328 g/mol. The minimum Gasteiger partial charge on any atom is -0.496 e. The van der Waals surface area contributed by atoms with Gasteiger partial charge in [0.25, 0.3) is 0 Å². The molecule has 0 aliphatic carbocycles. The van der Waals surface area contributed by atoms with Crippen LogP contribution in [0.4, 0.5) is 4.79 Å². The number of ether oxygens (including phenoxy) is 1. The third kappa shape index (κ3) is 4.99. The molecule has 0 bridgehead atoms. The van der Waals surface area contributed by atoms with E-state index < -0.39 is 0 Å². The molecule has 3 N–H and O–H groups in total. The van der Waals surface area contributed by atoms with E-state index in [9.17, 15) is 9.90 Å². The molecule has 0 fully saturated rings. The Kier molecular flexibility index (Phi) is 6.63. The highest BCUT2D eigenvalue weighted by molar-refractivity contribution is 5.73. The van der Waals surface area contributed by atoms with Gasteiger partial charge in [-0.05, 0) is 36.1 Å². The van der Waals surface area contributed by atoms with Gasteiger partial charge < -0.3 is 20.5 Å². The SMILES string of the molecule is COc1ccc(C)cc1CCNC(=O)NCc1ccccc1CO. The molecule has 24 heavy (non-hydrogen) atoms. The summed E-state index contributed by atoms with van der Waals surface area (Å²) in [5, 5.41) is 14.9. The lowest BCUT2D eigenvalue weighted by Crippen LogP contribution is -2.36. The number of methoxy groups -OCH3 is 1. The van der Waals surface area contributed by atoms with Crippen molar-refractivity contribution in [1.29, 1.82) is 0 Å². The summed E-state index contributed by atoms with van der Waals surface area (Å²) in [7, 11) is 1.65. The molecule has 5 nitrogen and oxygen atoms in total. The molecule has 0 aliphatic rings.